The van der Waals surface area contributed by atoms with Gasteiger partial charge in [0.1, 0.15) is 0 Å². The van der Waals surface area contributed by atoms with Crippen LogP contribution in [-0.4, -0.2) is 9.46 Å². The maximum Gasteiger partial charge on any atom is 0.0478 e. The fraction of sp³-hybridized carbons (Fsp3) is 0.778. The lowest BCUT2D eigenvalue weighted by Crippen LogP contribution is -2.04. The van der Waals surface area contributed by atoms with Crippen LogP contribution in [0.3, 0.4) is 0 Å². The van der Waals surface area contributed by atoms with E-state index in [9.17, 15) is 4.21 Å². The molecule has 0 fully saturated rings. The Kier molecular flexibility index (Phi) is 4.01. The van der Waals surface area contributed by atoms with Gasteiger partial charge in [-0.3, -0.25) is 4.21 Å². The summed E-state index contributed by atoms with van der Waals surface area (Å²) in [6.07, 6.45) is 2.00. The largest absolute Gasteiger partial charge is 0.255 e. The van der Waals surface area contributed by atoms with E-state index in [0.29, 0.717) is 0 Å². The van der Waals surface area contributed by atoms with E-state index < -0.39 is 10.8 Å². The van der Waals surface area contributed by atoms with Gasteiger partial charge in [-0.1, -0.05) is 40.7 Å². The minimum Gasteiger partial charge on any atom is -0.255 e. The summed E-state index contributed by atoms with van der Waals surface area (Å²) in [6.45, 7) is 10.2. The first-order chi connectivity index (χ1) is 4.83. The molecule has 0 radical (unpaired) electrons. The molecule has 0 aromatic heterocycles. The third-order valence-electron chi connectivity index (χ3n) is 1.17. The molecule has 0 amide bonds. The van der Waals surface area contributed by atoms with Crippen LogP contribution in [0.2, 0.25) is 0 Å². The summed E-state index contributed by atoms with van der Waals surface area (Å²) >= 11 is 0. The Morgan fingerprint density at radius 1 is 1.27 bits per heavy atom. The predicted octanol–water partition coefficient (Wildman–Crippen LogP) is 2.70. The summed E-state index contributed by atoms with van der Waals surface area (Å²) in [6, 6.07) is 0. The molecule has 1 atom stereocenters. The highest BCUT2D eigenvalue weighted by atomic mass is 32.2. The third kappa shape index (κ3) is 6.29. The Hall–Kier alpha value is -0.110. The molecule has 1 nitrogen and oxygen atoms in total. The van der Waals surface area contributed by atoms with Gasteiger partial charge in [-0.2, -0.15) is 0 Å². The Balaban J connectivity index is 4.05. The highest BCUT2D eigenvalue weighted by Crippen LogP contribution is 2.15. The van der Waals surface area contributed by atoms with Crippen molar-refractivity contribution < 1.29 is 4.21 Å². The van der Waals surface area contributed by atoms with Crippen LogP contribution in [0.15, 0.2) is 11.5 Å². The molecule has 0 rings (SSSR count). The molecule has 0 aliphatic rings. The van der Waals surface area contributed by atoms with E-state index in [-0.39, 0.29) is 10.7 Å². The fourth-order valence-corrected chi connectivity index (χ4v) is 1.28. The van der Waals surface area contributed by atoms with Gasteiger partial charge in [-0.15, -0.1) is 0 Å². The van der Waals surface area contributed by atoms with E-state index in [1.54, 1.807) is 5.41 Å². The van der Waals surface area contributed by atoms with E-state index in [1.165, 1.54) is 0 Å². The van der Waals surface area contributed by atoms with E-state index in [0.717, 1.165) is 0 Å². The van der Waals surface area contributed by atoms with Crippen molar-refractivity contribution in [2.75, 3.05) is 0 Å². The molecule has 0 spiro atoms. The normalized spacial score (nSPS) is 16.2. The molecule has 0 saturated heterocycles. The van der Waals surface area contributed by atoms with Gasteiger partial charge in [0.05, 0.1) is 0 Å². The number of hydrogen-bond donors (Lipinski definition) is 0. The first kappa shape index (κ1) is 10.9. The average molecular weight is 174 g/mol. The van der Waals surface area contributed by atoms with Crippen LogP contribution in [0, 0.1) is 5.41 Å². The lowest BCUT2D eigenvalue weighted by molar-refractivity contribution is 0.544. The fourth-order valence-electron chi connectivity index (χ4n) is 0.428. The molecule has 0 aromatic rings. The van der Waals surface area contributed by atoms with E-state index in [1.807, 2.05) is 19.9 Å². The predicted molar refractivity (Wildman–Crippen MR) is 51.9 cm³/mol. The highest BCUT2D eigenvalue weighted by molar-refractivity contribution is 7.88. The molecule has 66 valence electrons. The van der Waals surface area contributed by atoms with Crippen molar-refractivity contribution in [3.63, 3.8) is 0 Å². The first-order valence-corrected chi connectivity index (χ1v) is 5.19. The summed E-state index contributed by atoms with van der Waals surface area (Å²) in [5.41, 5.74) is 0.143. The molecule has 0 aliphatic carbocycles. The standard InChI is InChI=1S/C9H18OS/c1-8(2)11(10)7-6-9(3,4)5/h6-8H,1-5H3/b7-6+/t11-/m1/s1. The lowest BCUT2D eigenvalue weighted by atomic mass is 9.98. The van der Waals surface area contributed by atoms with E-state index in [4.69, 9.17) is 0 Å². The zero-order valence-corrected chi connectivity index (χ0v) is 8.87. The zero-order chi connectivity index (χ0) is 9.07. The Morgan fingerprint density at radius 3 is 2.00 bits per heavy atom. The summed E-state index contributed by atoms with van der Waals surface area (Å²) < 4.78 is 11.2. The average Bonchev–Trinajstić information content (AvgIpc) is 1.80. The van der Waals surface area contributed by atoms with Crippen molar-refractivity contribution in [1.29, 1.82) is 0 Å². The van der Waals surface area contributed by atoms with Crippen molar-refractivity contribution in [3.8, 4) is 0 Å². The number of rotatable bonds is 2. The maximum absolute atomic E-state index is 11.2. The highest BCUT2D eigenvalue weighted by Gasteiger charge is 2.06. The van der Waals surface area contributed by atoms with Crippen LogP contribution in [-0.2, 0) is 10.8 Å². The van der Waals surface area contributed by atoms with Crippen LogP contribution >= 0.6 is 0 Å². The maximum atomic E-state index is 11.2. The van der Waals surface area contributed by atoms with Gasteiger partial charge < -0.3 is 0 Å². The molecular formula is C9H18OS. The molecule has 0 unspecified atom stereocenters. The van der Waals surface area contributed by atoms with Crippen molar-refractivity contribution in [1.82, 2.24) is 0 Å². The molecule has 0 heterocycles. The Labute approximate surface area is 72.3 Å². The molecule has 0 aliphatic heterocycles. The monoisotopic (exact) mass is 174 g/mol. The van der Waals surface area contributed by atoms with Crippen molar-refractivity contribution in [2.24, 2.45) is 5.41 Å². The quantitative estimate of drug-likeness (QED) is 0.629. The van der Waals surface area contributed by atoms with Crippen LogP contribution < -0.4 is 0 Å². The molecular weight excluding hydrogens is 156 g/mol. The number of allylic oxidation sites excluding steroid dienone is 1. The third-order valence-corrected chi connectivity index (χ3v) is 2.50. The molecule has 0 saturated carbocycles. The van der Waals surface area contributed by atoms with Gasteiger partial charge in [0.2, 0.25) is 0 Å². The van der Waals surface area contributed by atoms with Crippen LogP contribution in [0.4, 0.5) is 0 Å². The van der Waals surface area contributed by atoms with Crippen molar-refractivity contribution in [2.45, 2.75) is 39.9 Å². The number of hydrogen-bond acceptors (Lipinski definition) is 1. The lowest BCUT2D eigenvalue weighted by Gasteiger charge is -2.11. The van der Waals surface area contributed by atoms with Gasteiger partial charge in [0, 0.05) is 16.0 Å². The Bertz CT molecular complexity index is 163. The van der Waals surface area contributed by atoms with E-state index >= 15 is 0 Å². The van der Waals surface area contributed by atoms with Crippen molar-refractivity contribution in [3.05, 3.63) is 11.5 Å². The molecule has 0 N–H and O–H groups in total. The Morgan fingerprint density at radius 2 is 1.73 bits per heavy atom. The van der Waals surface area contributed by atoms with E-state index in [2.05, 4.69) is 20.8 Å². The second-order valence-electron chi connectivity index (χ2n) is 4.05. The zero-order valence-electron chi connectivity index (χ0n) is 8.05. The van der Waals surface area contributed by atoms with Gasteiger partial charge in [-0.25, -0.2) is 0 Å². The van der Waals surface area contributed by atoms with Crippen LogP contribution in [0.1, 0.15) is 34.6 Å². The van der Waals surface area contributed by atoms with Crippen LogP contribution in [0.5, 0.6) is 0 Å². The summed E-state index contributed by atoms with van der Waals surface area (Å²) in [5, 5.41) is 2.03. The van der Waals surface area contributed by atoms with Gasteiger partial charge >= 0.3 is 0 Å². The summed E-state index contributed by atoms with van der Waals surface area (Å²) in [7, 11) is -0.799. The van der Waals surface area contributed by atoms with Gasteiger partial charge in [-0.05, 0) is 10.8 Å². The first-order valence-electron chi connectivity index (χ1n) is 3.91. The molecule has 2 heteroatoms. The summed E-state index contributed by atoms with van der Waals surface area (Å²) in [4.78, 5) is 0. The molecule has 11 heavy (non-hydrogen) atoms. The molecule has 0 bridgehead atoms. The van der Waals surface area contributed by atoms with Gasteiger partial charge in [0.15, 0.2) is 0 Å². The SMILES string of the molecule is CC(C)[S@](=O)/C=C/C(C)(C)C. The summed E-state index contributed by atoms with van der Waals surface area (Å²) in [5.74, 6) is 0. The van der Waals surface area contributed by atoms with Gasteiger partial charge in [0.25, 0.3) is 0 Å². The molecule has 0 aromatic carbocycles. The second kappa shape index (κ2) is 4.05. The minimum absolute atomic E-state index is 0.143. The van der Waals surface area contributed by atoms with Crippen molar-refractivity contribution >= 4 is 10.8 Å². The second-order valence-corrected chi connectivity index (χ2v) is 5.92. The minimum atomic E-state index is -0.799. The topological polar surface area (TPSA) is 17.1 Å². The smallest absolute Gasteiger partial charge is 0.0478 e. The van der Waals surface area contributed by atoms with Crippen LogP contribution in [0.25, 0.3) is 0 Å².